The number of hydrogen-bond acceptors (Lipinski definition) is 5. The Labute approximate surface area is 175 Å². The Balaban J connectivity index is 1.43. The smallest absolute Gasteiger partial charge is 0.225 e. The normalized spacial score (nSPS) is 10.7. The molecule has 0 unspecified atom stereocenters. The topological polar surface area (TPSA) is 80.0 Å². The number of pyridine rings is 1. The lowest BCUT2D eigenvalue weighted by atomic mass is 9.88. The molecule has 2 heterocycles. The zero-order valence-corrected chi connectivity index (χ0v) is 16.6. The SMILES string of the molecule is Cc1cc(Nc2ccc(NC(=O)CC(c3ccccc3)c3ccccc3)cn2)no1. The van der Waals surface area contributed by atoms with Gasteiger partial charge in [0.05, 0.1) is 11.9 Å². The van der Waals surface area contributed by atoms with Crippen molar-refractivity contribution in [2.24, 2.45) is 0 Å². The molecule has 0 radical (unpaired) electrons. The minimum Gasteiger partial charge on any atom is -0.360 e. The van der Waals surface area contributed by atoms with Gasteiger partial charge in [-0.2, -0.15) is 0 Å². The fourth-order valence-electron chi connectivity index (χ4n) is 3.29. The molecule has 2 aromatic heterocycles. The van der Waals surface area contributed by atoms with Crippen molar-refractivity contribution in [2.75, 3.05) is 10.6 Å². The Kier molecular flexibility index (Phi) is 5.85. The number of aryl methyl sites for hydroxylation is 1. The second-order valence-electron chi connectivity index (χ2n) is 7.01. The maximum absolute atomic E-state index is 12.8. The molecule has 2 N–H and O–H groups in total. The highest BCUT2D eigenvalue weighted by molar-refractivity contribution is 5.91. The number of amides is 1. The van der Waals surface area contributed by atoms with Crippen molar-refractivity contribution in [2.45, 2.75) is 19.3 Å². The third-order valence-corrected chi connectivity index (χ3v) is 4.72. The number of nitrogens with zero attached hydrogens (tertiary/aromatic N) is 2. The van der Waals surface area contributed by atoms with E-state index in [-0.39, 0.29) is 11.8 Å². The summed E-state index contributed by atoms with van der Waals surface area (Å²) in [4.78, 5) is 17.1. The van der Waals surface area contributed by atoms with E-state index in [1.807, 2.05) is 43.3 Å². The highest BCUT2D eigenvalue weighted by Gasteiger charge is 2.18. The maximum atomic E-state index is 12.8. The molecule has 4 aromatic rings. The van der Waals surface area contributed by atoms with Gasteiger partial charge in [0.25, 0.3) is 0 Å². The van der Waals surface area contributed by atoms with E-state index < -0.39 is 0 Å². The maximum Gasteiger partial charge on any atom is 0.225 e. The van der Waals surface area contributed by atoms with Crippen LogP contribution in [0, 0.1) is 6.92 Å². The minimum absolute atomic E-state index is 0.0169. The molecule has 6 heteroatoms. The second-order valence-corrected chi connectivity index (χ2v) is 7.01. The van der Waals surface area contributed by atoms with Gasteiger partial charge in [0.1, 0.15) is 11.6 Å². The highest BCUT2D eigenvalue weighted by atomic mass is 16.5. The van der Waals surface area contributed by atoms with Crippen LogP contribution in [0.3, 0.4) is 0 Å². The van der Waals surface area contributed by atoms with E-state index in [0.717, 1.165) is 11.1 Å². The summed E-state index contributed by atoms with van der Waals surface area (Å²) in [5.74, 6) is 1.84. The highest BCUT2D eigenvalue weighted by Crippen LogP contribution is 2.28. The summed E-state index contributed by atoms with van der Waals surface area (Å²) in [5.41, 5.74) is 2.86. The average Bonchev–Trinajstić information content (AvgIpc) is 3.19. The zero-order valence-electron chi connectivity index (χ0n) is 16.6. The van der Waals surface area contributed by atoms with Gasteiger partial charge in [-0.25, -0.2) is 4.98 Å². The summed E-state index contributed by atoms with van der Waals surface area (Å²) in [5, 5.41) is 9.87. The molecule has 0 aliphatic rings. The first kappa shape index (κ1) is 19.4. The van der Waals surface area contributed by atoms with Crippen molar-refractivity contribution >= 4 is 23.2 Å². The van der Waals surface area contributed by atoms with Crippen LogP contribution in [0.4, 0.5) is 17.3 Å². The van der Waals surface area contributed by atoms with E-state index in [1.54, 1.807) is 24.4 Å². The van der Waals surface area contributed by atoms with Crippen molar-refractivity contribution < 1.29 is 9.32 Å². The van der Waals surface area contributed by atoms with E-state index in [1.165, 1.54) is 0 Å². The molecule has 0 fully saturated rings. The Morgan fingerprint density at radius 1 is 0.933 bits per heavy atom. The standard InChI is InChI=1S/C24H22N4O2/c1-17-14-23(28-30-17)27-22-13-12-20(16-25-22)26-24(29)15-21(18-8-4-2-5-9-18)19-10-6-3-7-11-19/h2-14,16,21H,15H2,1H3,(H,26,29)(H,25,27,28). The average molecular weight is 398 g/mol. The number of aromatic nitrogens is 2. The number of rotatable bonds is 7. The Morgan fingerprint density at radius 2 is 1.60 bits per heavy atom. The lowest BCUT2D eigenvalue weighted by Gasteiger charge is -2.18. The molecule has 30 heavy (non-hydrogen) atoms. The van der Waals surface area contributed by atoms with Crippen LogP contribution in [0.15, 0.2) is 89.6 Å². The zero-order chi connectivity index (χ0) is 20.8. The van der Waals surface area contributed by atoms with Crippen LogP contribution in [0.2, 0.25) is 0 Å². The van der Waals surface area contributed by atoms with Gasteiger partial charge in [-0.3, -0.25) is 4.79 Å². The van der Waals surface area contributed by atoms with Crippen LogP contribution in [0.1, 0.15) is 29.2 Å². The van der Waals surface area contributed by atoms with Crippen molar-refractivity contribution in [1.29, 1.82) is 0 Å². The van der Waals surface area contributed by atoms with Crippen LogP contribution < -0.4 is 10.6 Å². The first-order valence-electron chi connectivity index (χ1n) is 9.73. The van der Waals surface area contributed by atoms with Crippen molar-refractivity contribution in [3.05, 3.63) is 102 Å². The molecule has 4 rings (SSSR count). The summed E-state index contributed by atoms with van der Waals surface area (Å²) in [6.45, 7) is 1.82. The first-order valence-corrected chi connectivity index (χ1v) is 9.73. The van der Waals surface area contributed by atoms with Crippen LogP contribution in [-0.2, 0) is 4.79 Å². The van der Waals surface area contributed by atoms with Crippen LogP contribution in [0.25, 0.3) is 0 Å². The fourth-order valence-corrected chi connectivity index (χ4v) is 3.29. The van der Waals surface area contributed by atoms with Gasteiger partial charge in [-0.1, -0.05) is 65.8 Å². The number of nitrogens with one attached hydrogen (secondary N) is 2. The molecule has 0 bridgehead atoms. The molecule has 0 saturated carbocycles. The second kappa shape index (κ2) is 9.05. The molecule has 150 valence electrons. The third-order valence-electron chi connectivity index (χ3n) is 4.72. The van der Waals surface area contributed by atoms with E-state index in [9.17, 15) is 4.79 Å². The number of hydrogen-bond donors (Lipinski definition) is 2. The van der Waals surface area contributed by atoms with Gasteiger partial charge in [0, 0.05) is 18.4 Å². The quantitative estimate of drug-likeness (QED) is 0.443. The fraction of sp³-hybridized carbons (Fsp3) is 0.125. The molecule has 0 spiro atoms. The molecular weight excluding hydrogens is 376 g/mol. The largest absolute Gasteiger partial charge is 0.360 e. The Hall–Kier alpha value is -3.93. The molecule has 0 saturated heterocycles. The van der Waals surface area contributed by atoms with Crippen molar-refractivity contribution in [3.8, 4) is 0 Å². The lowest BCUT2D eigenvalue weighted by Crippen LogP contribution is -2.16. The van der Waals surface area contributed by atoms with Gasteiger partial charge in [0.15, 0.2) is 5.82 Å². The summed E-state index contributed by atoms with van der Waals surface area (Å²) in [6.07, 6.45) is 1.96. The van der Waals surface area contributed by atoms with Gasteiger partial charge < -0.3 is 15.2 Å². The molecule has 0 aliphatic carbocycles. The molecular formula is C24H22N4O2. The number of carbonyl (C=O) groups is 1. The summed E-state index contributed by atoms with van der Waals surface area (Å²) >= 11 is 0. The molecule has 0 atom stereocenters. The molecule has 1 amide bonds. The van der Waals surface area contributed by atoms with E-state index >= 15 is 0 Å². The van der Waals surface area contributed by atoms with Crippen LogP contribution >= 0.6 is 0 Å². The van der Waals surface area contributed by atoms with Crippen molar-refractivity contribution in [1.82, 2.24) is 10.1 Å². The minimum atomic E-state index is -0.0673. The monoisotopic (exact) mass is 398 g/mol. The van der Waals surface area contributed by atoms with Gasteiger partial charge >= 0.3 is 0 Å². The molecule has 6 nitrogen and oxygen atoms in total. The van der Waals surface area contributed by atoms with Gasteiger partial charge in [-0.05, 0) is 30.2 Å². The predicted molar refractivity (Wildman–Crippen MR) is 117 cm³/mol. The van der Waals surface area contributed by atoms with Crippen molar-refractivity contribution in [3.63, 3.8) is 0 Å². The Morgan fingerprint density at radius 3 is 2.13 bits per heavy atom. The van der Waals surface area contributed by atoms with Gasteiger partial charge in [0.2, 0.25) is 5.91 Å². The number of benzene rings is 2. The summed E-state index contributed by atoms with van der Waals surface area (Å²) in [6, 6.07) is 25.5. The van der Waals surface area contributed by atoms with Gasteiger partial charge in [-0.15, -0.1) is 0 Å². The summed E-state index contributed by atoms with van der Waals surface area (Å²) < 4.78 is 5.03. The molecule has 0 aliphatic heterocycles. The third kappa shape index (κ3) is 4.91. The van der Waals surface area contributed by atoms with E-state index in [2.05, 4.69) is 45.0 Å². The predicted octanol–water partition coefficient (Wildman–Crippen LogP) is 5.28. The number of anilines is 3. The first-order chi connectivity index (χ1) is 14.7. The number of carbonyl (C=O) groups excluding carboxylic acids is 1. The Bertz CT molecular complexity index is 1050. The van der Waals surface area contributed by atoms with Crippen LogP contribution in [-0.4, -0.2) is 16.0 Å². The molecule has 2 aromatic carbocycles. The van der Waals surface area contributed by atoms with E-state index in [0.29, 0.717) is 29.5 Å². The lowest BCUT2D eigenvalue weighted by molar-refractivity contribution is -0.116. The summed E-state index contributed by atoms with van der Waals surface area (Å²) in [7, 11) is 0. The van der Waals surface area contributed by atoms with E-state index in [4.69, 9.17) is 4.52 Å². The van der Waals surface area contributed by atoms with Crippen LogP contribution in [0.5, 0.6) is 0 Å².